The minimum Gasteiger partial charge on any atom is -0.461 e. The topological polar surface area (TPSA) is 52.6 Å². The summed E-state index contributed by atoms with van der Waals surface area (Å²) in [5, 5.41) is 0. The Balaban J connectivity index is 1.70. The van der Waals surface area contributed by atoms with E-state index >= 15 is 0 Å². The van der Waals surface area contributed by atoms with Crippen LogP contribution in [0, 0.1) is 0 Å². The summed E-state index contributed by atoms with van der Waals surface area (Å²) in [6.07, 6.45) is 11.0. The van der Waals surface area contributed by atoms with Crippen molar-refractivity contribution in [3.05, 3.63) is 41.5 Å². The van der Waals surface area contributed by atoms with Crippen molar-refractivity contribution in [2.75, 3.05) is 6.61 Å². The lowest BCUT2D eigenvalue weighted by molar-refractivity contribution is -0.143. The Hall–Kier alpha value is -2.10. The van der Waals surface area contributed by atoms with E-state index in [1.807, 2.05) is 37.3 Å². The Morgan fingerprint density at radius 2 is 1.57 bits per heavy atom. The van der Waals surface area contributed by atoms with E-state index in [1.54, 1.807) is 0 Å². The predicted molar refractivity (Wildman–Crippen MR) is 112 cm³/mol. The van der Waals surface area contributed by atoms with E-state index in [9.17, 15) is 9.59 Å². The molecule has 0 aliphatic carbocycles. The summed E-state index contributed by atoms with van der Waals surface area (Å²) in [5.74, 6) is -0.543. The van der Waals surface area contributed by atoms with Gasteiger partial charge in [0.2, 0.25) is 0 Å². The van der Waals surface area contributed by atoms with E-state index in [0.717, 1.165) is 24.0 Å². The minimum absolute atomic E-state index is 0.118. The zero-order valence-electron chi connectivity index (χ0n) is 17.4. The van der Waals surface area contributed by atoms with Gasteiger partial charge in [-0.3, -0.25) is 4.79 Å². The van der Waals surface area contributed by atoms with Crippen LogP contribution in [0.5, 0.6) is 0 Å². The van der Waals surface area contributed by atoms with Gasteiger partial charge in [-0.25, -0.2) is 4.79 Å². The third kappa shape index (κ3) is 7.14. The highest BCUT2D eigenvalue weighted by molar-refractivity contribution is 6.19. The van der Waals surface area contributed by atoms with Gasteiger partial charge >= 0.3 is 11.9 Å². The van der Waals surface area contributed by atoms with Gasteiger partial charge in [-0.05, 0) is 18.9 Å². The van der Waals surface area contributed by atoms with Crippen LogP contribution in [-0.4, -0.2) is 24.6 Å². The average molecular weight is 387 g/mol. The molecule has 0 saturated carbocycles. The van der Waals surface area contributed by atoms with Gasteiger partial charge in [-0.2, -0.15) is 0 Å². The van der Waals surface area contributed by atoms with Crippen molar-refractivity contribution in [3.8, 4) is 0 Å². The summed E-state index contributed by atoms with van der Waals surface area (Å²) in [6.45, 7) is 4.17. The molecule has 1 aromatic rings. The SMILES string of the molecule is CCCCCCCCCCCC(=O)OCC1=C(c2ccccc2)C(=O)OC1C. The van der Waals surface area contributed by atoms with E-state index in [0.29, 0.717) is 12.0 Å². The molecule has 0 bridgehead atoms. The van der Waals surface area contributed by atoms with Crippen LogP contribution < -0.4 is 0 Å². The van der Waals surface area contributed by atoms with Gasteiger partial charge in [0.1, 0.15) is 12.7 Å². The van der Waals surface area contributed by atoms with Gasteiger partial charge in [-0.1, -0.05) is 88.6 Å². The molecule has 4 heteroatoms. The highest BCUT2D eigenvalue weighted by Gasteiger charge is 2.32. The molecule has 28 heavy (non-hydrogen) atoms. The molecule has 0 aromatic heterocycles. The number of carbonyl (C=O) groups excluding carboxylic acids is 2. The van der Waals surface area contributed by atoms with Crippen molar-refractivity contribution in [3.63, 3.8) is 0 Å². The zero-order chi connectivity index (χ0) is 20.2. The second kappa shape index (κ2) is 12.4. The Labute approximate surface area is 169 Å². The molecule has 1 aromatic carbocycles. The number of benzene rings is 1. The van der Waals surface area contributed by atoms with Crippen molar-refractivity contribution in [2.24, 2.45) is 0 Å². The molecule has 0 spiro atoms. The number of cyclic esters (lactones) is 1. The van der Waals surface area contributed by atoms with Gasteiger partial charge in [0, 0.05) is 12.0 Å². The van der Waals surface area contributed by atoms with Crippen molar-refractivity contribution in [1.29, 1.82) is 0 Å². The number of hydrogen-bond acceptors (Lipinski definition) is 4. The lowest BCUT2D eigenvalue weighted by Crippen LogP contribution is -2.13. The van der Waals surface area contributed by atoms with Crippen LogP contribution >= 0.6 is 0 Å². The molecular formula is C24H34O4. The first-order chi connectivity index (χ1) is 13.6. The molecule has 4 nitrogen and oxygen atoms in total. The van der Waals surface area contributed by atoms with E-state index < -0.39 is 0 Å². The lowest BCUT2D eigenvalue weighted by atomic mass is 10.00. The fourth-order valence-corrected chi connectivity index (χ4v) is 3.53. The van der Waals surface area contributed by atoms with Crippen LogP contribution in [0.4, 0.5) is 0 Å². The molecule has 1 atom stereocenters. The summed E-state index contributed by atoms with van der Waals surface area (Å²) in [5.41, 5.74) is 2.09. The van der Waals surface area contributed by atoms with Gasteiger partial charge in [0.15, 0.2) is 0 Å². The first-order valence-electron chi connectivity index (χ1n) is 10.8. The summed E-state index contributed by atoms with van der Waals surface area (Å²) in [7, 11) is 0. The van der Waals surface area contributed by atoms with E-state index in [1.165, 1.54) is 44.9 Å². The number of carbonyl (C=O) groups is 2. The lowest BCUT2D eigenvalue weighted by Gasteiger charge is -2.10. The van der Waals surface area contributed by atoms with Crippen molar-refractivity contribution in [1.82, 2.24) is 0 Å². The maximum atomic E-state index is 12.2. The van der Waals surface area contributed by atoms with Gasteiger partial charge in [0.25, 0.3) is 0 Å². The Morgan fingerprint density at radius 1 is 0.964 bits per heavy atom. The van der Waals surface area contributed by atoms with Crippen LogP contribution in [0.25, 0.3) is 5.57 Å². The quantitative estimate of drug-likeness (QED) is 0.315. The molecule has 1 unspecified atom stereocenters. The van der Waals surface area contributed by atoms with Gasteiger partial charge in [-0.15, -0.1) is 0 Å². The molecule has 2 rings (SSSR count). The van der Waals surface area contributed by atoms with Crippen molar-refractivity contribution in [2.45, 2.75) is 84.2 Å². The van der Waals surface area contributed by atoms with Gasteiger partial charge < -0.3 is 9.47 Å². The van der Waals surface area contributed by atoms with Crippen LogP contribution in [0.3, 0.4) is 0 Å². The second-order valence-corrected chi connectivity index (χ2v) is 7.55. The van der Waals surface area contributed by atoms with E-state index in [4.69, 9.17) is 9.47 Å². The fraction of sp³-hybridized carbons (Fsp3) is 0.583. The monoisotopic (exact) mass is 386 g/mol. The molecular weight excluding hydrogens is 352 g/mol. The summed E-state index contributed by atoms with van der Waals surface area (Å²) < 4.78 is 10.8. The Morgan fingerprint density at radius 3 is 2.21 bits per heavy atom. The molecule has 154 valence electrons. The molecule has 0 saturated heterocycles. The average Bonchev–Trinajstić information content (AvgIpc) is 2.98. The zero-order valence-corrected chi connectivity index (χ0v) is 17.4. The van der Waals surface area contributed by atoms with E-state index in [2.05, 4.69) is 6.92 Å². The second-order valence-electron chi connectivity index (χ2n) is 7.55. The summed E-state index contributed by atoms with van der Waals surface area (Å²) in [4.78, 5) is 24.2. The van der Waals surface area contributed by atoms with Crippen LogP contribution in [-0.2, 0) is 19.1 Å². The fourth-order valence-electron chi connectivity index (χ4n) is 3.53. The smallest absolute Gasteiger partial charge is 0.339 e. The van der Waals surface area contributed by atoms with Crippen LogP contribution in [0.2, 0.25) is 0 Å². The number of rotatable bonds is 13. The van der Waals surface area contributed by atoms with Crippen molar-refractivity contribution < 1.29 is 19.1 Å². The molecule has 0 N–H and O–H groups in total. The maximum Gasteiger partial charge on any atom is 0.339 e. The number of unbranched alkanes of at least 4 members (excludes halogenated alkanes) is 8. The predicted octanol–water partition coefficient (Wildman–Crippen LogP) is 5.85. The largest absolute Gasteiger partial charge is 0.461 e. The summed E-state index contributed by atoms with van der Waals surface area (Å²) in [6, 6.07) is 9.41. The molecule has 1 heterocycles. The number of hydrogen-bond donors (Lipinski definition) is 0. The third-order valence-electron chi connectivity index (χ3n) is 5.24. The molecule has 0 amide bonds. The minimum atomic E-state index is -0.358. The van der Waals surface area contributed by atoms with Crippen molar-refractivity contribution >= 4 is 17.5 Å². The normalized spacial score (nSPS) is 16.4. The van der Waals surface area contributed by atoms with Crippen LogP contribution in [0.1, 0.15) is 83.6 Å². The first-order valence-corrected chi connectivity index (χ1v) is 10.8. The Kier molecular flexibility index (Phi) is 9.81. The van der Waals surface area contributed by atoms with E-state index in [-0.39, 0.29) is 24.6 Å². The molecule has 0 fully saturated rings. The maximum absolute atomic E-state index is 12.2. The third-order valence-corrected chi connectivity index (χ3v) is 5.24. The summed E-state index contributed by atoms with van der Waals surface area (Å²) >= 11 is 0. The Bertz CT molecular complexity index is 648. The standard InChI is InChI=1S/C24H34O4/c1-3-4-5-6-7-8-9-10-14-17-22(25)27-18-21-19(2)28-24(26)23(21)20-15-12-11-13-16-20/h11-13,15-16,19H,3-10,14,17-18H2,1-2H3. The van der Waals surface area contributed by atoms with Crippen LogP contribution in [0.15, 0.2) is 35.9 Å². The number of ether oxygens (including phenoxy) is 2. The molecule has 1 aliphatic heterocycles. The highest BCUT2D eigenvalue weighted by atomic mass is 16.6. The van der Waals surface area contributed by atoms with Gasteiger partial charge in [0.05, 0.1) is 5.57 Å². The molecule has 0 radical (unpaired) electrons. The highest BCUT2D eigenvalue weighted by Crippen LogP contribution is 2.30. The molecule has 1 aliphatic rings. The first kappa shape index (κ1) is 22.2. The number of esters is 2.